The summed E-state index contributed by atoms with van der Waals surface area (Å²) in [6.45, 7) is 0. The minimum atomic E-state index is -0.783. The summed E-state index contributed by atoms with van der Waals surface area (Å²) in [6, 6.07) is 2.93. The van der Waals surface area contributed by atoms with Crippen molar-refractivity contribution >= 4 is 27.5 Å². The molecule has 0 radical (unpaired) electrons. The van der Waals surface area contributed by atoms with Crippen molar-refractivity contribution in [1.29, 1.82) is 0 Å². The predicted octanol–water partition coefficient (Wildman–Crippen LogP) is 3.08. The van der Waals surface area contributed by atoms with Crippen molar-refractivity contribution in [3.63, 3.8) is 0 Å². The Hall–Kier alpha value is -2.02. The van der Waals surface area contributed by atoms with Gasteiger partial charge in [-0.2, -0.15) is 0 Å². The molecular formula is C12H7BrF2N2O2. The highest BCUT2D eigenvalue weighted by atomic mass is 79.9. The van der Waals surface area contributed by atoms with Gasteiger partial charge in [-0.05, 0) is 28.1 Å². The van der Waals surface area contributed by atoms with E-state index >= 15 is 0 Å². The van der Waals surface area contributed by atoms with Crippen LogP contribution in [0.1, 0.15) is 10.4 Å². The molecule has 1 aromatic heterocycles. The molecule has 19 heavy (non-hydrogen) atoms. The smallest absolute Gasteiger partial charge is 0.257 e. The number of amides is 1. The van der Waals surface area contributed by atoms with Crippen molar-refractivity contribution in [2.45, 2.75) is 0 Å². The highest BCUT2D eigenvalue weighted by Crippen LogP contribution is 2.23. The molecule has 1 aromatic carbocycles. The van der Waals surface area contributed by atoms with Crippen LogP contribution < -0.4 is 5.32 Å². The number of benzene rings is 1. The maximum atomic E-state index is 13.5. The van der Waals surface area contributed by atoms with Crippen LogP contribution in [0.3, 0.4) is 0 Å². The maximum absolute atomic E-state index is 13.5. The quantitative estimate of drug-likeness (QED) is 0.833. The van der Waals surface area contributed by atoms with E-state index in [1.807, 2.05) is 0 Å². The number of nitrogens with zero attached hydrogens (tertiary/aromatic N) is 1. The van der Waals surface area contributed by atoms with E-state index in [0.717, 1.165) is 24.4 Å². The monoisotopic (exact) mass is 328 g/mol. The normalized spacial score (nSPS) is 10.3. The van der Waals surface area contributed by atoms with Crippen molar-refractivity contribution in [2.24, 2.45) is 0 Å². The third kappa shape index (κ3) is 3.05. The summed E-state index contributed by atoms with van der Waals surface area (Å²) >= 11 is 2.83. The summed E-state index contributed by atoms with van der Waals surface area (Å²) in [6.07, 6.45) is 2.35. The van der Waals surface area contributed by atoms with Crippen LogP contribution in [-0.2, 0) is 0 Å². The number of hydrogen-bond donors (Lipinski definition) is 2. The average molecular weight is 329 g/mol. The Labute approximate surface area is 115 Å². The predicted molar refractivity (Wildman–Crippen MR) is 67.9 cm³/mol. The van der Waals surface area contributed by atoms with Crippen LogP contribution >= 0.6 is 15.9 Å². The number of nitrogens with one attached hydrogen (secondary N) is 1. The maximum Gasteiger partial charge on any atom is 0.257 e. The van der Waals surface area contributed by atoms with Gasteiger partial charge in [0, 0.05) is 12.3 Å². The first kappa shape index (κ1) is 13.4. The topological polar surface area (TPSA) is 62.2 Å². The first-order valence-electron chi connectivity index (χ1n) is 5.07. The molecule has 2 N–H and O–H groups in total. The fourth-order valence-electron chi connectivity index (χ4n) is 1.36. The molecule has 1 heterocycles. The Morgan fingerprint density at radius 3 is 2.63 bits per heavy atom. The second-order valence-electron chi connectivity index (χ2n) is 3.63. The Kier molecular flexibility index (Phi) is 3.75. The molecule has 0 aliphatic heterocycles. The number of rotatable bonds is 2. The molecule has 0 bridgehead atoms. The number of aromatic hydroxyl groups is 1. The van der Waals surface area contributed by atoms with E-state index in [1.165, 1.54) is 6.20 Å². The fraction of sp³-hybridized carbons (Fsp3) is 0. The van der Waals surface area contributed by atoms with Gasteiger partial charge in [0.05, 0.1) is 21.9 Å². The Morgan fingerprint density at radius 1 is 1.21 bits per heavy atom. The van der Waals surface area contributed by atoms with Gasteiger partial charge < -0.3 is 10.4 Å². The average Bonchev–Trinajstić information content (AvgIpc) is 2.36. The second kappa shape index (κ2) is 5.31. The largest absolute Gasteiger partial charge is 0.506 e. The third-order valence-electron chi connectivity index (χ3n) is 2.24. The number of pyridine rings is 1. The molecule has 0 aliphatic rings. The summed E-state index contributed by atoms with van der Waals surface area (Å²) < 4.78 is 26.7. The standard InChI is InChI=1S/C12H7BrF2N2O2/c13-8-2-10(15)11(3-9(8)14)17-12(19)6-1-7(18)5-16-4-6/h1-5,18H,(H,17,19). The molecule has 0 spiro atoms. The van der Waals surface area contributed by atoms with Gasteiger partial charge in [-0.25, -0.2) is 8.78 Å². The van der Waals surface area contributed by atoms with Crippen LogP contribution in [0.15, 0.2) is 35.1 Å². The fourth-order valence-corrected chi connectivity index (χ4v) is 1.68. The highest BCUT2D eigenvalue weighted by Gasteiger charge is 2.13. The molecule has 0 saturated carbocycles. The van der Waals surface area contributed by atoms with Crippen LogP contribution in [0.5, 0.6) is 5.75 Å². The Morgan fingerprint density at radius 2 is 1.95 bits per heavy atom. The van der Waals surface area contributed by atoms with E-state index in [9.17, 15) is 18.7 Å². The summed E-state index contributed by atoms with van der Waals surface area (Å²) in [5, 5.41) is 11.4. The number of aromatic nitrogens is 1. The molecule has 4 nitrogen and oxygen atoms in total. The lowest BCUT2D eigenvalue weighted by Gasteiger charge is -2.07. The molecule has 0 saturated heterocycles. The van der Waals surface area contributed by atoms with Gasteiger partial charge in [0.1, 0.15) is 17.4 Å². The molecule has 0 unspecified atom stereocenters. The van der Waals surface area contributed by atoms with E-state index in [0.29, 0.717) is 0 Å². The van der Waals surface area contributed by atoms with Gasteiger partial charge in [-0.15, -0.1) is 0 Å². The van der Waals surface area contributed by atoms with E-state index < -0.39 is 17.5 Å². The van der Waals surface area contributed by atoms with Gasteiger partial charge in [0.2, 0.25) is 0 Å². The minimum Gasteiger partial charge on any atom is -0.506 e. The van der Waals surface area contributed by atoms with Crippen LogP contribution in [-0.4, -0.2) is 16.0 Å². The van der Waals surface area contributed by atoms with Crippen molar-refractivity contribution in [1.82, 2.24) is 4.98 Å². The lowest BCUT2D eigenvalue weighted by atomic mass is 10.2. The van der Waals surface area contributed by atoms with Gasteiger partial charge >= 0.3 is 0 Å². The molecule has 7 heteroatoms. The molecule has 98 valence electrons. The first-order chi connectivity index (χ1) is 8.97. The first-order valence-corrected chi connectivity index (χ1v) is 5.86. The van der Waals surface area contributed by atoms with E-state index in [-0.39, 0.29) is 21.5 Å². The van der Waals surface area contributed by atoms with Crippen LogP contribution in [0.4, 0.5) is 14.5 Å². The molecule has 2 rings (SSSR count). The number of anilines is 1. The molecule has 0 aliphatic carbocycles. The lowest BCUT2D eigenvalue weighted by molar-refractivity contribution is 0.102. The van der Waals surface area contributed by atoms with Gasteiger partial charge in [-0.3, -0.25) is 9.78 Å². The zero-order chi connectivity index (χ0) is 14.0. The van der Waals surface area contributed by atoms with Gasteiger partial charge in [-0.1, -0.05) is 0 Å². The number of carbonyl (C=O) groups excluding carboxylic acids is 1. The molecular weight excluding hydrogens is 322 g/mol. The summed E-state index contributed by atoms with van der Waals surface area (Å²) in [5.41, 5.74) is -0.267. The van der Waals surface area contributed by atoms with Crippen LogP contribution in [0.25, 0.3) is 0 Å². The number of halogens is 3. The van der Waals surface area contributed by atoms with E-state index in [1.54, 1.807) is 0 Å². The van der Waals surface area contributed by atoms with E-state index in [2.05, 4.69) is 26.2 Å². The van der Waals surface area contributed by atoms with Crippen molar-refractivity contribution in [3.8, 4) is 5.75 Å². The molecule has 1 amide bonds. The van der Waals surface area contributed by atoms with Crippen molar-refractivity contribution in [2.75, 3.05) is 5.32 Å². The molecule has 0 fully saturated rings. The highest BCUT2D eigenvalue weighted by molar-refractivity contribution is 9.10. The van der Waals surface area contributed by atoms with Gasteiger partial charge in [0.25, 0.3) is 5.91 Å². The van der Waals surface area contributed by atoms with E-state index in [4.69, 9.17) is 0 Å². The van der Waals surface area contributed by atoms with Crippen LogP contribution in [0, 0.1) is 11.6 Å². The van der Waals surface area contributed by atoms with Crippen molar-refractivity contribution in [3.05, 3.63) is 52.3 Å². The zero-order valence-corrected chi connectivity index (χ0v) is 10.9. The van der Waals surface area contributed by atoms with Crippen molar-refractivity contribution < 1.29 is 18.7 Å². The summed E-state index contributed by atoms with van der Waals surface area (Å²) in [5.74, 6) is -2.39. The number of hydrogen-bond acceptors (Lipinski definition) is 3. The summed E-state index contributed by atoms with van der Waals surface area (Å²) in [4.78, 5) is 15.4. The van der Waals surface area contributed by atoms with Gasteiger partial charge in [0.15, 0.2) is 0 Å². The number of carbonyl (C=O) groups is 1. The zero-order valence-electron chi connectivity index (χ0n) is 9.32. The SMILES string of the molecule is O=C(Nc1cc(F)c(Br)cc1F)c1cncc(O)c1. The summed E-state index contributed by atoms with van der Waals surface area (Å²) in [7, 11) is 0. The molecule has 2 aromatic rings. The van der Waals surface area contributed by atoms with Crippen LogP contribution in [0.2, 0.25) is 0 Å². The lowest BCUT2D eigenvalue weighted by Crippen LogP contribution is -2.13. The minimum absolute atomic E-state index is 0.0303. The third-order valence-corrected chi connectivity index (χ3v) is 2.85. The Balaban J connectivity index is 2.27. The molecule has 0 atom stereocenters. The Bertz CT molecular complexity index is 650. The second-order valence-corrected chi connectivity index (χ2v) is 4.49.